The minimum atomic E-state index is -0.233. The summed E-state index contributed by atoms with van der Waals surface area (Å²) in [6.45, 7) is 0. The van der Waals surface area contributed by atoms with Crippen LogP contribution in [0.25, 0.3) is 0 Å². The van der Waals surface area contributed by atoms with Crippen molar-refractivity contribution in [1.29, 1.82) is 0 Å². The summed E-state index contributed by atoms with van der Waals surface area (Å²) in [5.41, 5.74) is 0. The molecule has 92 valence electrons. The molecule has 0 spiro atoms. The first-order valence-corrected chi connectivity index (χ1v) is 8.50. The highest BCUT2D eigenvalue weighted by Crippen LogP contribution is 2.35. The van der Waals surface area contributed by atoms with E-state index >= 15 is 0 Å². The van der Waals surface area contributed by atoms with Crippen LogP contribution in [0.5, 0.6) is 0 Å². The lowest BCUT2D eigenvalue weighted by Crippen LogP contribution is -2.12. The summed E-state index contributed by atoms with van der Waals surface area (Å²) in [4.78, 5) is 2.70. The van der Waals surface area contributed by atoms with Crippen molar-refractivity contribution in [3.8, 4) is 0 Å². The van der Waals surface area contributed by atoms with Gasteiger partial charge in [-0.3, -0.25) is 0 Å². The van der Waals surface area contributed by atoms with E-state index in [0.29, 0.717) is 5.92 Å². The molecule has 0 aliphatic carbocycles. The predicted molar refractivity (Wildman–Crippen MR) is 79.5 cm³/mol. The van der Waals surface area contributed by atoms with Crippen molar-refractivity contribution in [3.63, 3.8) is 0 Å². The Bertz CT molecular complexity index is 376. The number of halogens is 1. The van der Waals surface area contributed by atoms with E-state index in [1.54, 1.807) is 22.7 Å². The van der Waals surface area contributed by atoms with Crippen LogP contribution in [-0.2, 0) is 0 Å². The zero-order valence-corrected chi connectivity index (χ0v) is 12.6. The van der Waals surface area contributed by atoms with Crippen molar-refractivity contribution < 1.29 is 5.11 Å². The molecular formula is C13H15BrOS2. The largest absolute Gasteiger partial charge is 0.393 e. The van der Waals surface area contributed by atoms with Crippen LogP contribution >= 0.6 is 38.6 Å². The van der Waals surface area contributed by atoms with E-state index < -0.39 is 0 Å². The van der Waals surface area contributed by atoms with Gasteiger partial charge in [0.25, 0.3) is 0 Å². The molecule has 1 nitrogen and oxygen atoms in total. The molecule has 4 heteroatoms. The predicted octanol–water partition coefficient (Wildman–Crippen LogP) is 4.48. The van der Waals surface area contributed by atoms with Crippen molar-refractivity contribution in [1.82, 2.24) is 0 Å². The summed E-state index contributed by atoms with van der Waals surface area (Å²) in [7, 11) is 0. The van der Waals surface area contributed by atoms with Gasteiger partial charge < -0.3 is 5.11 Å². The molecule has 0 aliphatic rings. The Morgan fingerprint density at radius 1 is 1.12 bits per heavy atom. The minimum absolute atomic E-state index is 0.233. The van der Waals surface area contributed by atoms with Crippen LogP contribution in [0.1, 0.15) is 28.5 Å². The second-order valence-electron chi connectivity index (χ2n) is 3.95. The SMILES string of the molecule is OC(CCBr)CC(c1cccs1)c1cccs1. The quantitative estimate of drug-likeness (QED) is 0.774. The Labute approximate surface area is 118 Å². The van der Waals surface area contributed by atoms with E-state index in [9.17, 15) is 5.11 Å². The molecular weight excluding hydrogens is 316 g/mol. The first-order valence-electron chi connectivity index (χ1n) is 5.62. The first kappa shape index (κ1) is 13.3. The Kier molecular flexibility index (Phi) is 5.22. The molecule has 2 heterocycles. The maximum absolute atomic E-state index is 10.00. The number of rotatable bonds is 6. The molecule has 2 aromatic rings. The highest BCUT2D eigenvalue weighted by molar-refractivity contribution is 9.09. The molecule has 0 aromatic carbocycles. The van der Waals surface area contributed by atoms with Gasteiger partial charge in [0, 0.05) is 21.0 Å². The lowest BCUT2D eigenvalue weighted by molar-refractivity contribution is 0.157. The molecule has 1 unspecified atom stereocenters. The Morgan fingerprint density at radius 3 is 2.12 bits per heavy atom. The average Bonchev–Trinajstić information content (AvgIpc) is 3.00. The number of thiophene rings is 2. The number of hydrogen-bond donors (Lipinski definition) is 1. The highest BCUT2D eigenvalue weighted by atomic mass is 79.9. The molecule has 0 fully saturated rings. The second kappa shape index (κ2) is 6.69. The van der Waals surface area contributed by atoms with E-state index in [4.69, 9.17) is 0 Å². The van der Waals surface area contributed by atoms with Crippen molar-refractivity contribution in [3.05, 3.63) is 44.8 Å². The van der Waals surface area contributed by atoms with E-state index in [2.05, 4.69) is 51.0 Å². The van der Waals surface area contributed by atoms with Gasteiger partial charge in [-0.1, -0.05) is 28.1 Å². The van der Waals surface area contributed by atoms with E-state index in [1.807, 2.05) is 0 Å². The highest BCUT2D eigenvalue weighted by Gasteiger charge is 2.19. The van der Waals surface area contributed by atoms with E-state index in [0.717, 1.165) is 18.2 Å². The van der Waals surface area contributed by atoms with Crippen molar-refractivity contribution in [2.45, 2.75) is 24.9 Å². The fourth-order valence-electron chi connectivity index (χ4n) is 1.87. The molecule has 1 atom stereocenters. The van der Waals surface area contributed by atoms with Gasteiger partial charge >= 0.3 is 0 Å². The molecule has 2 rings (SSSR count). The van der Waals surface area contributed by atoms with Crippen LogP contribution in [0.4, 0.5) is 0 Å². The minimum Gasteiger partial charge on any atom is -0.393 e. The average molecular weight is 331 g/mol. The first-order chi connectivity index (χ1) is 8.31. The fraction of sp³-hybridized carbons (Fsp3) is 0.385. The number of hydrogen-bond acceptors (Lipinski definition) is 3. The summed E-state index contributed by atoms with van der Waals surface area (Å²) in [5.74, 6) is 0.351. The molecule has 0 bridgehead atoms. The fourth-order valence-corrected chi connectivity index (χ4v) is 4.19. The molecule has 0 aliphatic heterocycles. The van der Waals surface area contributed by atoms with Crippen molar-refractivity contribution in [2.24, 2.45) is 0 Å². The van der Waals surface area contributed by atoms with Gasteiger partial charge in [-0.25, -0.2) is 0 Å². The van der Waals surface area contributed by atoms with Crippen LogP contribution in [0.2, 0.25) is 0 Å². The third-order valence-electron chi connectivity index (χ3n) is 2.72. The summed E-state index contributed by atoms with van der Waals surface area (Å²) in [5, 5.41) is 15.1. The normalized spacial score (nSPS) is 13.1. The van der Waals surface area contributed by atoms with Gasteiger partial charge in [0.1, 0.15) is 0 Å². The van der Waals surface area contributed by atoms with Gasteiger partial charge in [-0.15, -0.1) is 22.7 Å². The van der Waals surface area contributed by atoms with Crippen molar-refractivity contribution >= 4 is 38.6 Å². The third-order valence-corrected chi connectivity index (χ3v) is 5.15. The summed E-state index contributed by atoms with van der Waals surface area (Å²) < 4.78 is 0. The number of aliphatic hydroxyl groups excluding tert-OH is 1. The molecule has 17 heavy (non-hydrogen) atoms. The third kappa shape index (κ3) is 3.65. The van der Waals surface area contributed by atoms with Gasteiger partial charge in [-0.2, -0.15) is 0 Å². The standard InChI is InChI=1S/C13H15BrOS2/c14-6-5-10(15)9-11(12-3-1-7-16-12)13-4-2-8-17-13/h1-4,7-8,10-11,15H,5-6,9H2. The summed E-state index contributed by atoms with van der Waals surface area (Å²) in [6, 6.07) is 8.49. The van der Waals surface area contributed by atoms with Crippen LogP contribution < -0.4 is 0 Å². The molecule has 0 amide bonds. The topological polar surface area (TPSA) is 20.2 Å². The Morgan fingerprint density at radius 2 is 1.71 bits per heavy atom. The van der Waals surface area contributed by atoms with Crippen LogP contribution in [0.15, 0.2) is 35.0 Å². The lowest BCUT2D eigenvalue weighted by atomic mass is 9.97. The summed E-state index contributed by atoms with van der Waals surface area (Å²) in [6.07, 6.45) is 1.39. The zero-order chi connectivity index (χ0) is 12.1. The van der Waals surface area contributed by atoms with Gasteiger partial charge in [0.2, 0.25) is 0 Å². The van der Waals surface area contributed by atoms with Crippen LogP contribution in [0, 0.1) is 0 Å². The van der Waals surface area contributed by atoms with Gasteiger partial charge in [0.15, 0.2) is 0 Å². The maximum Gasteiger partial charge on any atom is 0.0557 e. The molecule has 0 saturated carbocycles. The molecule has 2 aromatic heterocycles. The molecule has 0 radical (unpaired) electrons. The van der Waals surface area contributed by atoms with Gasteiger partial charge in [0.05, 0.1) is 6.10 Å². The smallest absolute Gasteiger partial charge is 0.0557 e. The van der Waals surface area contributed by atoms with E-state index in [1.165, 1.54) is 9.75 Å². The molecule has 0 saturated heterocycles. The Hall–Kier alpha value is -0.160. The van der Waals surface area contributed by atoms with Crippen LogP contribution in [0.3, 0.4) is 0 Å². The van der Waals surface area contributed by atoms with E-state index in [-0.39, 0.29) is 6.10 Å². The Balaban J connectivity index is 2.14. The maximum atomic E-state index is 10.00. The second-order valence-corrected chi connectivity index (χ2v) is 6.70. The zero-order valence-electron chi connectivity index (χ0n) is 9.38. The molecule has 1 N–H and O–H groups in total. The number of aliphatic hydroxyl groups is 1. The van der Waals surface area contributed by atoms with Crippen molar-refractivity contribution in [2.75, 3.05) is 5.33 Å². The monoisotopic (exact) mass is 330 g/mol. The summed E-state index contributed by atoms with van der Waals surface area (Å²) >= 11 is 6.93. The van der Waals surface area contributed by atoms with Crippen LogP contribution in [-0.4, -0.2) is 16.5 Å². The van der Waals surface area contributed by atoms with Gasteiger partial charge in [-0.05, 0) is 35.7 Å². The lowest BCUT2D eigenvalue weighted by Gasteiger charge is -2.17. The number of alkyl halides is 1.